The lowest BCUT2D eigenvalue weighted by atomic mass is 10.1. The minimum absolute atomic E-state index is 0.00218. The molecule has 0 aliphatic carbocycles. The van der Waals surface area contributed by atoms with E-state index in [1.165, 1.54) is 0 Å². The summed E-state index contributed by atoms with van der Waals surface area (Å²) in [7, 11) is 0. The highest BCUT2D eigenvalue weighted by atomic mass is 35.5. The van der Waals surface area contributed by atoms with Crippen molar-refractivity contribution in [2.75, 3.05) is 11.4 Å². The van der Waals surface area contributed by atoms with Crippen LogP contribution in [0.2, 0.25) is 5.02 Å². The van der Waals surface area contributed by atoms with Gasteiger partial charge in [0.2, 0.25) is 0 Å². The molecule has 0 fully saturated rings. The van der Waals surface area contributed by atoms with Crippen LogP contribution in [0.4, 0.5) is 5.69 Å². The zero-order valence-corrected chi connectivity index (χ0v) is 11.3. The van der Waals surface area contributed by atoms with Gasteiger partial charge in [-0.2, -0.15) is 0 Å². The Morgan fingerprint density at radius 3 is 3.05 bits per heavy atom. The molecular formula is C12H13ClN6O. The maximum atomic E-state index is 8.92. The van der Waals surface area contributed by atoms with E-state index >= 15 is 0 Å². The molecule has 3 rings (SSSR count). The minimum Gasteiger partial charge on any atom is -0.409 e. The second kappa shape index (κ2) is 5.01. The van der Waals surface area contributed by atoms with Crippen LogP contribution in [0.25, 0.3) is 0 Å². The average molecular weight is 293 g/mol. The van der Waals surface area contributed by atoms with Crippen LogP contribution in [0.5, 0.6) is 0 Å². The van der Waals surface area contributed by atoms with Crippen LogP contribution in [0.1, 0.15) is 11.4 Å². The van der Waals surface area contributed by atoms with Gasteiger partial charge in [-0.25, -0.2) is 0 Å². The van der Waals surface area contributed by atoms with E-state index in [1.54, 1.807) is 12.4 Å². The van der Waals surface area contributed by atoms with E-state index in [2.05, 4.69) is 20.3 Å². The molecule has 1 aliphatic heterocycles. The molecule has 0 saturated carbocycles. The van der Waals surface area contributed by atoms with Crippen LogP contribution in [0, 0.1) is 0 Å². The van der Waals surface area contributed by atoms with E-state index in [4.69, 9.17) is 22.5 Å². The van der Waals surface area contributed by atoms with Gasteiger partial charge in [0.05, 0.1) is 17.1 Å². The fourth-order valence-corrected chi connectivity index (χ4v) is 2.62. The minimum atomic E-state index is -0.00218. The number of benzene rings is 1. The summed E-state index contributed by atoms with van der Waals surface area (Å²) in [5, 5.41) is 20.4. The Labute approximate surface area is 120 Å². The number of aromatic nitrogens is 3. The van der Waals surface area contributed by atoms with Gasteiger partial charge in [0.1, 0.15) is 6.33 Å². The highest BCUT2D eigenvalue weighted by Crippen LogP contribution is 2.29. The molecular weight excluding hydrogens is 280 g/mol. The summed E-state index contributed by atoms with van der Waals surface area (Å²) in [6.07, 6.45) is 1.72. The molecule has 20 heavy (non-hydrogen) atoms. The van der Waals surface area contributed by atoms with Gasteiger partial charge in [-0.1, -0.05) is 22.8 Å². The summed E-state index contributed by atoms with van der Waals surface area (Å²) in [5.41, 5.74) is 7.09. The standard InChI is InChI=1S/C12H13ClN6O/c13-8-2-1-3-9(11(8)12(14)17-20)18-4-5-19-7-15-16-10(19)6-18/h1-3,7,20H,4-6H2,(H2,14,17). The summed E-state index contributed by atoms with van der Waals surface area (Å²) in [6.45, 7) is 2.16. The normalized spacial score (nSPS) is 15.2. The molecule has 0 unspecified atom stereocenters. The predicted molar refractivity (Wildman–Crippen MR) is 75.0 cm³/mol. The van der Waals surface area contributed by atoms with Crippen molar-refractivity contribution < 1.29 is 5.21 Å². The first-order chi connectivity index (χ1) is 9.70. The molecule has 8 heteroatoms. The molecule has 3 N–H and O–H groups in total. The molecule has 1 aliphatic rings. The summed E-state index contributed by atoms with van der Waals surface area (Å²) in [6, 6.07) is 5.45. The zero-order valence-electron chi connectivity index (χ0n) is 10.6. The van der Waals surface area contributed by atoms with Gasteiger partial charge in [0, 0.05) is 18.8 Å². The molecule has 1 aromatic heterocycles. The quantitative estimate of drug-likeness (QED) is 0.373. The number of fused-ring (bicyclic) bond motifs is 1. The second-order valence-corrected chi connectivity index (χ2v) is 4.89. The Morgan fingerprint density at radius 2 is 2.25 bits per heavy atom. The van der Waals surface area contributed by atoms with Gasteiger partial charge in [0.25, 0.3) is 0 Å². The monoisotopic (exact) mass is 292 g/mol. The number of hydrogen-bond acceptors (Lipinski definition) is 5. The lowest BCUT2D eigenvalue weighted by Gasteiger charge is -2.30. The third-order valence-corrected chi connectivity index (χ3v) is 3.65. The van der Waals surface area contributed by atoms with Crippen LogP contribution in [0.15, 0.2) is 29.7 Å². The SMILES string of the molecule is NC(=NO)c1c(Cl)cccc1N1CCn2cnnc2C1. The van der Waals surface area contributed by atoms with E-state index < -0.39 is 0 Å². The summed E-state index contributed by atoms with van der Waals surface area (Å²) < 4.78 is 2.00. The lowest BCUT2D eigenvalue weighted by molar-refractivity contribution is 0.318. The highest BCUT2D eigenvalue weighted by molar-refractivity contribution is 6.34. The van der Waals surface area contributed by atoms with Crippen LogP contribution in [0.3, 0.4) is 0 Å². The van der Waals surface area contributed by atoms with Crippen molar-refractivity contribution in [1.29, 1.82) is 0 Å². The van der Waals surface area contributed by atoms with Gasteiger partial charge in [-0.15, -0.1) is 10.2 Å². The average Bonchev–Trinajstić information content (AvgIpc) is 2.93. The van der Waals surface area contributed by atoms with Crippen LogP contribution in [-0.2, 0) is 13.1 Å². The molecule has 0 saturated heterocycles. The van der Waals surface area contributed by atoms with Gasteiger partial charge < -0.3 is 20.4 Å². The fraction of sp³-hybridized carbons (Fsp3) is 0.250. The summed E-state index contributed by atoms with van der Waals surface area (Å²) in [4.78, 5) is 2.09. The molecule has 2 heterocycles. The van der Waals surface area contributed by atoms with Gasteiger partial charge in [0.15, 0.2) is 11.7 Å². The Bertz CT molecular complexity index is 668. The largest absolute Gasteiger partial charge is 0.409 e. The predicted octanol–water partition coefficient (Wildman–Crippen LogP) is 1.05. The summed E-state index contributed by atoms with van der Waals surface area (Å²) in [5.74, 6) is 0.874. The molecule has 0 bridgehead atoms. The van der Waals surface area contributed by atoms with Crippen molar-refractivity contribution in [3.05, 3.63) is 40.9 Å². The van der Waals surface area contributed by atoms with E-state index in [9.17, 15) is 0 Å². The van der Waals surface area contributed by atoms with Gasteiger partial charge in [-0.05, 0) is 12.1 Å². The van der Waals surface area contributed by atoms with Gasteiger partial charge >= 0.3 is 0 Å². The first-order valence-corrected chi connectivity index (χ1v) is 6.46. The van der Waals surface area contributed by atoms with Crippen LogP contribution < -0.4 is 10.6 Å². The number of oxime groups is 1. The number of nitrogens with two attached hydrogens (primary N) is 1. The van der Waals surface area contributed by atoms with Crippen molar-refractivity contribution >= 4 is 23.1 Å². The van der Waals surface area contributed by atoms with Crippen molar-refractivity contribution in [3.63, 3.8) is 0 Å². The number of amidine groups is 1. The molecule has 0 atom stereocenters. The number of hydrogen-bond donors (Lipinski definition) is 2. The molecule has 0 spiro atoms. The topological polar surface area (TPSA) is 92.6 Å². The molecule has 104 valence electrons. The first-order valence-electron chi connectivity index (χ1n) is 6.08. The highest BCUT2D eigenvalue weighted by Gasteiger charge is 2.22. The maximum absolute atomic E-state index is 8.92. The van der Waals surface area contributed by atoms with Crippen LogP contribution >= 0.6 is 11.6 Å². The third-order valence-electron chi connectivity index (χ3n) is 3.34. The number of halogens is 1. The Balaban J connectivity index is 2.02. The Hall–Kier alpha value is -2.28. The van der Waals surface area contributed by atoms with Crippen molar-refractivity contribution in [2.45, 2.75) is 13.1 Å². The number of anilines is 1. The summed E-state index contributed by atoms with van der Waals surface area (Å²) >= 11 is 6.17. The molecule has 7 nitrogen and oxygen atoms in total. The van der Waals surface area contributed by atoms with Gasteiger partial charge in [-0.3, -0.25) is 0 Å². The molecule has 0 radical (unpaired) electrons. The van der Waals surface area contributed by atoms with Crippen molar-refractivity contribution in [3.8, 4) is 0 Å². The number of rotatable bonds is 2. The Kier molecular flexibility index (Phi) is 3.19. The second-order valence-electron chi connectivity index (χ2n) is 4.48. The van der Waals surface area contributed by atoms with E-state index in [0.717, 1.165) is 24.6 Å². The lowest BCUT2D eigenvalue weighted by Crippen LogP contribution is -2.35. The van der Waals surface area contributed by atoms with E-state index in [0.29, 0.717) is 17.1 Å². The molecule has 2 aromatic rings. The smallest absolute Gasteiger partial charge is 0.173 e. The number of nitrogens with zero attached hydrogens (tertiary/aromatic N) is 5. The molecule has 0 amide bonds. The van der Waals surface area contributed by atoms with E-state index in [-0.39, 0.29) is 5.84 Å². The van der Waals surface area contributed by atoms with Crippen molar-refractivity contribution in [2.24, 2.45) is 10.9 Å². The Morgan fingerprint density at radius 1 is 1.40 bits per heavy atom. The third kappa shape index (κ3) is 2.05. The van der Waals surface area contributed by atoms with E-state index in [1.807, 2.05) is 16.7 Å². The molecule has 1 aromatic carbocycles. The van der Waals surface area contributed by atoms with Crippen molar-refractivity contribution in [1.82, 2.24) is 14.8 Å². The maximum Gasteiger partial charge on any atom is 0.173 e. The fourth-order valence-electron chi connectivity index (χ4n) is 2.35. The van der Waals surface area contributed by atoms with Crippen LogP contribution in [-0.4, -0.2) is 32.4 Å². The first kappa shape index (κ1) is 12.7. The zero-order chi connectivity index (χ0) is 14.1.